The Bertz CT molecular complexity index is 173. The summed E-state index contributed by atoms with van der Waals surface area (Å²) >= 11 is 0. The molecule has 1 amide bonds. The Morgan fingerprint density at radius 3 is 2.33 bits per heavy atom. The highest BCUT2D eigenvalue weighted by Gasteiger charge is 2.33. The van der Waals surface area contributed by atoms with Gasteiger partial charge in [0.2, 0.25) is 5.91 Å². The minimum Gasteiger partial charge on any atom is -0.343 e. The number of hydrogen-bond acceptors (Lipinski definition) is 1. The van der Waals surface area contributed by atoms with Gasteiger partial charge in [0.15, 0.2) is 0 Å². The average Bonchev–Trinajstić information content (AvgIpc) is 2.05. The van der Waals surface area contributed by atoms with E-state index in [0.29, 0.717) is 32.4 Å². The van der Waals surface area contributed by atoms with Gasteiger partial charge in [-0.15, -0.1) is 0 Å². The van der Waals surface area contributed by atoms with Crippen molar-refractivity contribution in [3.63, 3.8) is 0 Å². The molecule has 0 aromatic rings. The summed E-state index contributed by atoms with van der Waals surface area (Å²) in [5, 5.41) is 0. The lowest BCUT2D eigenvalue weighted by Gasteiger charge is -2.35. The van der Waals surface area contributed by atoms with E-state index in [0.717, 1.165) is 0 Å². The molecule has 12 heavy (non-hydrogen) atoms. The zero-order valence-corrected chi connectivity index (χ0v) is 7.77. The van der Waals surface area contributed by atoms with Crippen LogP contribution in [-0.4, -0.2) is 29.6 Å². The van der Waals surface area contributed by atoms with Gasteiger partial charge in [0, 0.05) is 20.0 Å². The van der Waals surface area contributed by atoms with Crippen molar-refractivity contribution in [2.45, 2.75) is 38.8 Å². The summed E-state index contributed by atoms with van der Waals surface area (Å²) in [6.07, 6.45) is 1.57. The summed E-state index contributed by atoms with van der Waals surface area (Å²) < 4.78 is 13.6. The van der Waals surface area contributed by atoms with Gasteiger partial charge >= 0.3 is 0 Å². The maximum absolute atomic E-state index is 13.6. The fraction of sp³-hybridized carbons (Fsp3) is 0.889. The lowest BCUT2D eigenvalue weighted by Crippen LogP contribution is -2.43. The maximum atomic E-state index is 13.6. The Morgan fingerprint density at radius 1 is 1.50 bits per heavy atom. The van der Waals surface area contributed by atoms with Gasteiger partial charge in [-0.3, -0.25) is 4.79 Å². The Kier molecular flexibility index (Phi) is 2.70. The molecule has 70 valence electrons. The zero-order chi connectivity index (χ0) is 9.19. The van der Waals surface area contributed by atoms with Crippen LogP contribution in [0.15, 0.2) is 0 Å². The monoisotopic (exact) mass is 173 g/mol. The second-order valence-electron chi connectivity index (χ2n) is 3.51. The Balaban J connectivity index is 2.44. The Hall–Kier alpha value is -0.600. The molecule has 1 fully saturated rings. The molecule has 0 radical (unpaired) electrons. The highest BCUT2D eigenvalue weighted by atomic mass is 19.1. The molecule has 0 bridgehead atoms. The van der Waals surface area contributed by atoms with E-state index in [-0.39, 0.29) is 5.91 Å². The third-order valence-corrected chi connectivity index (χ3v) is 2.74. The summed E-state index contributed by atoms with van der Waals surface area (Å²) in [4.78, 5) is 12.6. The van der Waals surface area contributed by atoms with Crippen molar-refractivity contribution in [1.29, 1.82) is 0 Å². The van der Waals surface area contributed by atoms with Gasteiger partial charge in [0.1, 0.15) is 5.67 Å². The molecule has 1 rings (SSSR count). The Labute approximate surface area is 72.7 Å². The molecular weight excluding hydrogens is 157 g/mol. The summed E-state index contributed by atoms with van der Waals surface area (Å²) in [5.74, 6) is 0.0631. The van der Waals surface area contributed by atoms with E-state index in [9.17, 15) is 9.18 Å². The van der Waals surface area contributed by atoms with Crippen LogP contribution >= 0.6 is 0 Å². The SMILES string of the molecule is CCC1(F)CCN(C(C)=O)CC1. The molecule has 0 aromatic heterocycles. The van der Waals surface area contributed by atoms with Gasteiger partial charge in [-0.05, 0) is 19.3 Å². The highest BCUT2D eigenvalue weighted by Crippen LogP contribution is 2.29. The quantitative estimate of drug-likeness (QED) is 0.591. The standard InChI is InChI=1S/C9H16FNO/c1-3-9(10)4-6-11(7-5-9)8(2)12/h3-7H2,1-2H3. The normalized spacial score (nSPS) is 22.4. The molecule has 0 unspecified atom stereocenters. The number of rotatable bonds is 1. The summed E-state index contributed by atoms with van der Waals surface area (Å²) in [5.41, 5.74) is -1.01. The van der Waals surface area contributed by atoms with Crippen molar-refractivity contribution in [3.8, 4) is 0 Å². The van der Waals surface area contributed by atoms with E-state index in [4.69, 9.17) is 0 Å². The van der Waals surface area contributed by atoms with Gasteiger partial charge in [-0.2, -0.15) is 0 Å². The van der Waals surface area contributed by atoms with E-state index < -0.39 is 5.67 Å². The molecule has 2 nitrogen and oxygen atoms in total. The van der Waals surface area contributed by atoms with Crippen molar-refractivity contribution in [3.05, 3.63) is 0 Å². The summed E-state index contributed by atoms with van der Waals surface area (Å²) in [6, 6.07) is 0. The van der Waals surface area contributed by atoms with Crippen LogP contribution in [0.25, 0.3) is 0 Å². The first-order valence-corrected chi connectivity index (χ1v) is 4.52. The third-order valence-electron chi connectivity index (χ3n) is 2.74. The number of piperidine rings is 1. The van der Waals surface area contributed by atoms with E-state index >= 15 is 0 Å². The van der Waals surface area contributed by atoms with Crippen molar-refractivity contribution in [1.82, 2.24) is 4.90 Å². The van der Waals surface area contributed by atoms with E-state index in [1.54, 1.807) is 4.90 Å². The van der Waals surface area contributed by atoms with Crippen LogP contribution < -0.4 is 0 Å². The molecule has 1 aliphatic rings. The number of likely N-dealkylation sites (tertiary alicyclic amines) is 1. The van der Waals surface area contributed by atoms with Crippen LogP contribution in [0.3, 0.4) is 0 Å². The number of halogens is 1. The Morgan fingerprint density at radius 2 is 2.00 bits per heavy atom. The van der Waals surface area contributed by atoms with Gasteiger partial charge in [0.05, 0.1) is 0 Å². The van der Waals surface area contributed by atoms with Crippen molar-refractivity contribution in [2.24, 2.45) is 0 Å². The molecule has 0 atom stereocenters. The van der Waals surface area contributed by atoms with Crippen molar-refractivity contribution >= 4 is 5.91 Å². The number of nitrogens with zero attached hydrogens (tertiary/aromatic N) is 1. The highest BCUT2D eigenvalue weighted by molar-refractivity contribution is 5.73. The van der Waals surface area contributed by atoms with Crippen LogP contribution in [0.2, 0.25) is 0 Å². The number of alkyl halides is 1. The average molecular weight is 173 g/mol. The number of carbonyl (C=O) groups is 1. The minimum absolute atomic E-state index is 0.0631. The van der Waals surface area contributed by atoms with Crippen LogP contribution in [0, 0.1) is 0 Å². The van der Waals surface area contributed by atoms with Crippen LogP contribution in [-0.2, 0) is 4.79 Å². The van der Waals surface area contributed by atoms with Crippen molar-refractivity contribution in [2.75, 3.05) is 13.1 Å². The summed E-state index contributed by atoms with van der Waals surface area (Å²) in [6.45, 7) is 4.57. The topological polar surface area (TPSA) is 20.3 Å². The molecule has 0 N–H and O–H groups in total. The zero-order valence-electron chi connectivity index (χ0n) is 7.77. The molecule has 1 saturated heterocycles. The fourth-order valence-corrected chi connectivity index (χ4v) is 1.58. The lowest BCUT2D eigenvalue weighted by atomic mass is 9.91. The minimum atomic E-state index is -1.01. The third kappa shape index (κ3) is 1.96. The second-order valence-corrected chi connectivity index (χ2v) is 3.51. The predicted octanol–water partition coefficient (Wildman–Crippen LogP) is 1.75. The predicted molar refractivity (Wildman–Crippen MR) is 45.6 cm³/mol. The molecule has 0 aliphatic carbocycles. The molecule has 0 spiro atoms. The van der Waals surface area contributed by atoms with E-state index in [1.165, 1.54) is 6.92 Å². The van der Waals surface area contributed by atoms with Gasteiger partial charge in [-0.1, -0.05) is 6.92 Å². The summed E-state index contributed by atoms with van der Waals surface area (Å²) in [7, 11) is 0. The number of hydrogen-bond donors (Lipinski definition) is 0. The smallest absolute Gasteiger partial charge is 0.219 e. The molecule has 0 aromatic carbocycles. The van der Waals surface area contributed by atoms with Gasteiger partial charge in [-0.25, -0.2) is 4.39 Å². The molecule has 3 heteroatoms. The maximum Gasteiger partial charge on any atom is 0.219 e. The first-order chi connectivity index (χ1) is 5.57. The molecule has 1 heterocycles. The largest absolute Gasteiger partial charge is 0.343 e. The first kappa shape index (κ1) is 9.49. The van der Waals surface area contributed by atoms with Crippen LogP contribution in [0.5, 0.6) is 0 Å². The number of amides is 1. The van der Waals surface area contributed by atoms with Gasteiger partial charge in [0.25, 0.3) is 0 Å². The van der Waals surface area contributed by atoms with Gasteiger partial charge < -0.3 is 4.90 Å². The second kappa shape index (κ2) is 3.42. The molecule has 1 aliphatic heterocycles. The molecular formula is C9H16FNO. The number of carbonyl (C=O) groups excluding carboxylic acids is 1. The first-order valence-electron chi connectivity index (χ1n) is 4.52. The van der Waals surface area contributed by atoms with Crippen molar-refractivity contribution < 1.29 is 9.18 Å². The van der Waals surface area contributed by atoms with E-state index in [1.807, 2.05) is 6.92 Å². The lowest BCUT2D eigenvalue weighted by molar-refractivity contribution is -0.131. The molecule has 0 saturated carbocycles. The van der Waals surface area contributed by atoms with Crippen LogP contribution in [0.1, 0.15) is 33.1 Å². The van der Waals surface area contributed by atoms with E-state index in [2.05, 4.69) is 0 Å². The fourth-order valence-electron chi connectivity index (χ4n) is 1.58. The van der Waals surface area contributed by atoms with Crippen LogP contribution in [0.4, 0.5) is 4.39 Å².